The Morgan fingerprint density at radius 2 is 2.07 bits per heavy atom. The third-order valence-corrected chi connectivity index (χ3v) is 5.17. The molecule has 2 rings (SSSR count). The number of nitrogens with one attached hydrogen (secondary N) is 1. The highest BCUT2D eigenvalue weighted by molar-refractivity contribution is 5.84. The minimum Gasteiger partial charge on any atom is -0.436 e. The van der Waals surface area contributed by atoms with Gasteiger partial charge in [0.2, 0.25) is 0 Å². The van der Waals surface area contributed by atoms with E-state index in [0.29, 0.717) is 45.8 Å². The minimum atomic E-state index is -0.825. The molecule has 0 radical (unpaired) electrons. The summed E-state index contributed by atoms with van der Waals surface area (Å²) in [5.74, 6) is -0.185. The maximum Gasteiger partial charge on any atom is 0.410 e. The van der Waals surface area contributed by atoms with E-state index in [1.165, 1.54) is 0 Å². The molecule has 8 nitrogen and oxygen atoms in total. The average molecular weight is 395 g/mol. The summed E-state index contributed by atoms with van der Waals surface area (Å²) in [7, 11) is 0. The second-order valence-electron chi connectivity index (χ2n) is 8.66. The van der Waals surface area contributed by atoms with Gasteiger partial charge in [-0.2, -0.15) is 5.26 Å². The van der Waals surface area contributed by atoms with Crippen LogP contribution in [-0.2, 0) is 14.3 Å². The van der Waals surface area contributed by atoms with Gasteiger partial charge in [0.15, 0.2) is 6.10 Å². The number of carbonyl (C=O) groups is 2. The van der Waals surface area contributed by atoms with Crippen LogP contribution in [0.2, 0.25) is 0 Å². The number of nitrogens with zero attached hydrogens (tertiary/aromatic N) is 3. The van der Waals surface area contributed by atoms with Crippen LogP contribution < -0.4 is 5.32 Å². The van der Waals surface area contributed by atoms with Gasteiger partial charge in [-0.3, -0.25) is 4.79 Å². The van der Waals surface area contributed by atoms with Crippen LogP contribution in [0.1, 0.15) is 46.5 Å². The summed E-state index contributed by atoms with van der Waals surface area (Å²) in [4.78, 5) is 29.3. The van der Waals surface area contributed by atoms with Crippen LogP contribution in [0.3, 0.4) is 0 Å². The van der Waals surface area contributed by atoms with Crippen LogP contribution in [0.25, 0.3) is 0 Å². The zero-order valence-electron chi connectivity index (χ0n) is 17.4. The number of nitriles is 1. The van der Waals surface area contributed by atoms with E-state index in [0.717, 1.165) is 19.4 Å². The highest BCUT2D eigenvalue weighted by Gasteiger charge is 2.35. The molecule has 8 heteroatoms. The van der Waals surface area contributed by atoms with Crippen LogP contribution in [0.5, 0.6) is 0 Å². The molecule has 2 aliphatic rings. The van der Waals surface area contributed by atoms with Crippen LogP contribution >= 0.6 is 0 Å². The second kappa shape index (κ2) is 10.6. The summed E-state index contributed by atoms with van der Waals surface area (Å²) >= 11 is 0. The van der Waals surface area contributed by atoms with Gasteiger partial charge in [-0.05, 0) is 31.2 Å². The Hall–Kier alpha value is -1.85. The standard InChI is InChI=1S/C20H34N4O4/c1-20(2,3)7-5-17(28-19(26)23-11-13-27-14-12-23)18(25)24(10-4-8-21)16-6-9-22-15-16/h16-17,22H,4-7,9-15H2,1-3H3. The molecule has 0 aliphatic carbocycles. The SMILES string of the molecule is CC(C)(C)CCC(OC(=O)N1CCOCC1)C(=O)N(CCC#N)C1CCNC1. The largest absolute Gasteiger partial charge is 0.436 e. The molecule has 2 unspecified atom stereocenters. The Labute approximate surface area is 168 Å². The highest BCUT2D eigenvalue weighted by Crippen LogP contribution is 2.24. The Kier molecular flexibility index (Phi) is 8.52. The molecular formula is C20H34N4O4. The van der Waals surface area contributed by atoms with E-state index in [2.05, 4.69) is 32.2 Å². The van der Waals surface area contributed by atoms with Crippen molar-refractivity contribution in [3.05, 3.63) is 0 Å². The van der Waals surface area contributed by atoms with Crippen molar-refractivity contribution in [2.24, 2.45) is 5.41 Å². The van der Waals surface area contributed by atoms with Gasteiger partial charge in [0.1, 0.15) is 0 Å². The number of hydrogen-bond donors (Lipinski definition) is 1. The Balaban J connectivity index is 2.10. The number of morpholine rings is 1. The van der Waals surface area contributed by atoms with E-state index >= 15 is 0 Å². The van der Waals surface area contributed by atoms with Gasteiger partial charge in [-0.1, -0.05) is 20.8 Å². The molecule has 0 saturated carbocycles. The quantitative estimate of drug-likeness (QED) is 0.707. The van der Waals surface area contributed by atoms with Gasteiger partial charge >= 0.3 is 6.09 Å². The summed E-state index contributed by atoms with van der Waals surface area (Å²) in [5, 5.41) is 12.3. The molecule has 0 aromatic carbocycles. The summed E-state index contributed by atoms with van der Waals surface area (Å²) in [6.07, 6.45) is 1.07. The molecule has 0 aromatic rings. The summed E-state index contributed by atoms with van der Waals surface area (Å²) in [6.45, 7) is 10.2. The van der Waals surface area contributed by atoms with Gasteiger partial charge in [0.25, 0.3) is 5.91 Å². The van der Waals surface area contributed by atoms with Crippen LogP contribution in [-0.4, -0.2) is 79.9 Å². The summed E-state index contributed by atoms with van der Waals surface area (Å²) in [6, 6.07) is 2.16. The van der Waals surface area contributed by atoms with E-state index in [-0.39, 0.29) is 23.8 Å². The van der Waals surface area contributed by atoms with Crippen molar-refractivity contribution in [1.82, 2.24) is 15.1 Å². The van der Waals surface area contributed by atoms with Crippen LogP contribution in [0, 0.1) is 16.7 Å². The number of carbonyl (C=O) groups excluding carboxylic acids is 2. The normalized spacial score (nSPS) is 21.1. The van der Waals surface area contributed by atoms with Crippen molar-refractivity contribution in [3.63, 3.8) is 0 Å². The second-order valence-corrected chi connectivity index (χ2v) is 8.66. The number of amides is 2. The number of hydrogen-bond acceptors (Lipinski definition) is 6. The van der Waals surface area contributed by atoms with Crippen molar-refractivity contribution in [3.8, 4) is 6.07 Å². The molecule has 28 heavy (non-hydrogen) atoms. The first-order valence-corrected chi connectivity index (χ1v) is 10.2. The Bertz CT molecular complexity index is 558. The van der Waals surface area contributed by atoms with E-state index < -0.39 is 12.2 Å². The molecule has 2 saturated heterocycles. The first-order chi connectivity index (χ1) is 13.3. The van der Waals surface area contributed by atoms with E-state index in [1.807, 2.05) is 0 Å². The van der Waals surface area contributed by atoms with Crippen molar-refractivity contribution in [1.29, 1.82) is 5.26 Å². The van der Waals surface area contributed by atoms with Gasteiger partial charge in [0, 0.05) is 32.2 Å². The maximum atomic E-state index is 13.3. The maximum absolute atomic E-state index is 13.3. The molecule has 2 amide bonds. The van der Waals surface area contributed by atoms with Gasteiger partial charge in [0.05, 0.1) is 25.7 Å². The third kappa shape index (κ3) is 6.95. The monoisotopic (exact) mass is 394 g/mol. The Morgan fingerprint density at radius 3 is 2.64 bits per heavy atom. The lowest BCUT2D eigenvalue weighted by Gasteiger charge is -2.33. The zero-order valence-corrected chi connectivity index (χ0v) is 17.4. The molecule has 0 spiro atoms. The molecule has 1 N–H and O–H groups in total. The van der Waals surface area contributed by atoms with Gasteiger partial charge in [-0.15, -0.1) is 0 Å². The third-order valence-electron chi connectivity index (χ3n) is 5.17. The topological polar surface area (TPSA) is 94.9 Å². The van der Waals surface area contributed by atoms with Crippen molar-refractivity contribution in [2.45, 2.75) is 58.6 Å². The minimum absolute atomic E-state index is 0.0241. The molecule has 0 bridgehead atoms. The van der Waals surface area contributed by atoms with Crippen LogP contribution in [0.15, 0.2) is 0 Å². The predicted molar refractivity (Wildman–Crippen MR) is 105 cm³/mol. The number of rotatable bonds is 7. The molecular weight excluding hydrogens is 360 g/mol. The zero-order chi connectivity index (χ0) is 20.6. The fraction of sp³-hybridized carbons (Fsp3) is 0.850. The highest BCUT2D eigenvalue weighted by atomic mass is 16.6. The first-order valence-electron chi connectivity index (χ1n) is 10.2. The fourth-order valence-electron chi connectivity index (χ4n) is 3.47. The van der Waals surface area contributed by atoms with Crippen molar-refractivity contribution in [2.75, 3.05) is 45.9 Å². The van der Waals surface area contributed by atoms with Gasteiger partial charge in [-0.25, -0.2) is 4.79 Å². The number of ether oxygens (including phenoxy) is 2. The van der Waals surface area contributed by atoms with E-state index in [1.54, 1.807) is 9.80 Å². The van der Waals surface area contributed by atoms with Crippen molar-refractivity contribution < 1.29 is 19.1 Å². The smallest absolute Gasteiger partial charge is 0.410 e. The molecule has 2 atom stereocenters. The molecule has 2 heterocycles. The molecule has 0 aromatic heterocycles. The van der Waals surface area contributed by atoms with Crippen LogP contribution in [0.4, 0.5) is 4.79 Å². The van der Waals surface area contributed by atoms with Crippen molar-refractivity contribution >= 4 is 12.0 Å². The fourth-order valence-corrected chi connectivity index (χ4v) is 3.47. The van der Waals surface area contributed by atoms with E-state index in [4.69, 9.17) is 14.7 Å². The van der Waals surface area contributed by atoms with E-state index in [9.17, 15) is 9.59 Å². The summed E-state index contributed by atoms with van der Waals surface area (Å²) < 4.78 is 11.0. The lowest BCUT2D eigenvalue weighted by atomic mass is 9.89. The lowest BCUT2D eigenvalue weighted by molar-refractivity contribution is -0.143. The molecule has 2 fully saturated rings. The average Bonchev–Trinajstić information content (AvgIpc) is 3.19. The molecule has 158 valence electrons. The summed E-state index contributed by atoms with van der Waals surface area (Å²) in [5.41, 5.74) is 0.0241. The lowest BCUT2D eigenvalue weighted by Crippen LogP contribution is -2.50. The predicted octanol–water partition coefficient (Wildman–Crippen LogP) is 1.75. The Morgan fingerprint density at radius 1 is 1.36 bits per heavy atom. The van der Waals surface area contributed by atoms with Gasteiger partial charge < -0.3 is 24.6 Å². The molecule has 2 aliphatic heterocycles. The first kappa shape index (κ1) is 22.4.